The third kappa shape index (κ3) is 2.43. The molecule has 0 saturated heterocycles. The molecule has 0 saturated carbocycles. The lowest BCUT2D eigenvalue weighted by Gasteiger charge is -2.08. The third-order valence-corrected chi connectivity index (χ3v) is 3.23. The van der Waals surface area contributed by atoms with Crippen LogP contribution in [-0.2, 0) is 0 Å². The van der Waals surface area contributed by atoms with Gasteiger partial charge in [-0.15, -0.1) is 0 Å². The highest BCUT2D eigenvalue weighted by molar-refractivity contribution is 5.97. The Morgan fingerprint density at radius 2 is 2.00 bits per heavy atom. The normalized spacial score (nSPS) is 10.1. The summed E-state index contributed by atoms with van der Waals surface area (Å²) < 4.78 is 0. The van der Waals surface area contributed by atoms with E-state index in [1.54, 1.807) is 36.4 Å². The van der Waals surface area contributed by atoms with Crippen LogP contribution in [0.1, 0.15) is 5.56 Å². The van der Waals surface area contributed by atoms with Crippen molar-refractivity contribution in [3.63, 3.8) is 0 Å². The zero-order chi connectivity index (χ0) is 15.5. The van der Waals surface area contributed by atoms with E-state index in [9.17, 15) is 10.1 Å². The number of nitro groups is 1. The van der Waals surface area contributed by atoms with Crippen LogP contribution in [0.4, 0.5) is 17.2 Å². The lowest BCUT2D eigenvalue weighted by molar-refractivity contribution is -0.382. The number of rotatable bonds is 3. The summed E-state index contributed by atoms with van der Waals surface area (Å²) in [4.78, 5) is 15.1. The van der Waals surface area contributed by atoms with E-state index in [0.29, 0.717) is 22.5 Å². The van der Waals surface area contributed by atoms with Crippen molar-refractivity contribution in [1.82, 2.24) is 4.98 Å². The van der Waals surface area contributed by atoms with Crippen molar-refractivity contribution in [2.75, 3.05) is 5.32 Å². The summed E-state index contributed by atoms with van der Waals surface area (Å²) >= 11 is 0. The first-order chi connectivity index (χ1) is 10.7. The lowest BCUT2D eigenvalue weighted by Crippen LogP contribution is -1.99. The Balaban J connectivity index is 2.12. The van der Waals surface area contributed by atoms with Crippen LogP contribution < -0.4 is 5.32 Å². The van der Waals surface area contributed by atoms with Gasteiger partial charge in [0, 0.05) is 6.20 Å². The monoisotopic (exact) mass is 290 g/mol. The van der Waals surface area contributed by atoms with Crippen molar-refractivity contribution >= 4 is 28.0 Å². The predicted molar refractivity (Wildman–Crippen MR) is 82.8 cm³/mol. The zero-order valence-electron chi connectivity index (χ0n) is 11.4. The summed E-state index contributed by atoms with van der Waals surface area (Å²) in [5.74, 6) is 0.387. The van der Waals surface area contributed by atoms with Crippen LogP contribution in [0.5, 0.6) is 0 Å². The molecule has 6 heteroatoms. The van der Waals surface area contributed by atoms with E-state index >= 15 is 0 Å². The van der Waals surface area contributed by atoms with Gasteiger partial charge in [0.15, 0.2) is 0 Å². The van der Waals surface area contributed by atoms with E-state index in [1.807, 2.05) is 18.2 Å². The second-order valence-corrected chi connectivity index (χ2v) is 4.61. The van der Waals surface area contributed by atoms with Gasteiger partial charge < -0.3 is 5.32 Å². The maximum Gasteiger partial charge on any atom is 0.300 e. The molecule has 1 heterocycles. The molecule has 0 atom stereocenters. The molecule has 0 aliphatic heterocycles. The number of nitriles is 1. The predicted octanol–water partition coefficient (Wildman–Crippen LogP) is 3.76. The van der Waals surface area contributed by atoms with Gasteiger partial charge in [0.1, 0.15) is 11.5 Å². The van der Waals surface area contributed by atoms with Gasteiger partial charge in [0.25, 0.3) is 5.69 Å². The molecule has 0 aliphatic rings. The van der Waals surface area contributed by atoms with E-state index < -0.39 is 4.92 Å². The fourth-order valence-electron chi connectivity index (χ4n) is 2.26. The number of nitro benzene ring substituents is 1. The van der Waals surface area contributed by atoms with Gasteiger partial charge in [0.05, 0.1) is 21.9 Å². The molecule has 0 unspecified atom stereocenters. The van der Waals surface area contributed by atoms with Gasteiger partial charge in [-0.3, -0.25) is 10.1 Å². The molecular formula is C16H10N4O2. The largest absolute Gasteiger partial charge is 0.335 e. The quantitative estimate of drug-likeness (QED) is 0.585. The summed E-state index contributed by atoms with van der Waals surface area (Å²) in [5.41, 5.74) is 0.759. The highest BCUT2D eigenvalue weighted by atomic mass is 16.6. The molecule has 3 aromatic rings. The smallest absolute Gasteiger partial charge is 0.300 e. The highest BCUT2D eigenvalue weighted by Crippen LogP contribution is 2.34. The number of nitrogens with one attached hydrogen (secondary N) is 1. The third-order valence-electron chi connectivity index (χ3n) is 3.23. The second kappa shape index (κ2) is 5.50. The van der Waals surface area contributed by atoms with Crippen LogP contribution >= 0.6 is 0 Å². The standard InChI is InChI=1S/C16H10N4O2/c17-10-11-7-8-18-15(9-11)19-14-6-5-12-3-1-2-4-13(12)16(14)20(21)22/h1-9H,(H,18,19). The first-order valence-corrected chi connectivity index (χ1v) is 6.48. The Morgan fingerprint density at radius 1 is 1.18 bits per heavy atom. The number of pyridine rings is 1. The zero-order valence-corrected chi connectivity index (χ0v) is 11.4. The average molecular weight is 290 g/mol. The molecule has 0 spiro atoms. The summed E-state index contributed by atoms with van der Waals surface area (Å²) in [6.45, 7) is 0. The number of nitrogens with zero attached hydrogens (tertiary/aromatic N) is 3. The van der Waals surface area contributed by atoms with Crippen molar-refractivity contribution in [3.05, 3.63) is 70.4 Å². The molecule has 106 valence electrons. The SMILES string of the molecule is N#Cc1ccnc(Nc2ccc3ccccc3c2[N+](=O)[O-])c1. The van der Waals surface area contributed by atoms with Gasteiger partial charge in [-0.25, -0.2) is 4.98 Å². The Kier molecular flexibility index (Phi) is 3.38. The van der Waals surface area contributed by atoms with Crippen molar-refractivity contribution in [3.8, 4) is 6.07 Å². The summed E-state index contributed by atoms with van der Waals surface area (Å²) in [6.07, 6.45) is 1.48. The Labute approximate surface area is 125 Å². The summed E-state index contributed by atoms with van der Waals surface area (Å²) in [6, 6.07) is 15.7. The highest BCUT2D eigenvalue weighted by Gasteiger charge is 2.18. The first-order valence-electron chi connectivity index (χ1n) is 6.48. The maximum absolute atomic E-state index is 11.4. The summed E-state index contributed by atoms with van der Waals surface area (Å²) in [7, 11) is 0. The van der Waals surface area contributed by atoms with Crippen LogP contribution in [0.25, 0.3) is 10.8 Å². The van der Waals surface area contributed by atoms with Crippen molar-refractivity contribution in [1.29, 1.82) is 5.26 Å². The molecule has 0 bridgehead atoms. The Morgan fingerprint density at radius 3 is 2.77 bits per heavy atom. The number of benzene rings is 2. The van der Waals surface area contributed by atoms with E-state index in [4.69, 9.17) is 5.26 Å². The molecule has 0 fully saturated rings. The summed E-state index contributed by atoms with van der Waals surface area (Å²) in [5, 5.41) is 24.6. The first kappa shape index (κ1) is 13.5. The van der Waals surface area contributed by atoms with E-state index in [0.717, 1.165) is 5.39 Å². The number of fused-ring (bicyclic) bond motifs is 1. The maximum atomic E-state index is 11.4. The van der Waals surface area contributed by atoms with Crippen molar-refractivity contribution < 1.29 is 4.92 Å². The molecule has 0 aliphatic carbocycles. The minimum Gasteiger partial charge on any atom is -0.335 e. The fourth-order valence-corrected chi connectivity index (χ4v) is 2.26. The number of hydrogen-bond donors (Lipinski definition) is 1. The Bertz CT molecular complexity index is 915. The Hall–Kier alpha value is -3.46. The van der Waals surface area contributed by atoms with E-state index in [-0.39, 0.29) is 5.69 Å². The second-order valence-electron chi connectivity index (χ2n) is 4.61. The molecular weight excluding hydrogens is 280 g/mol. The van der Waals surface area contributed by atoms with Crippen LogP contribution in [0.15, 0.2) is 54.7 Å². The topological polar surface area (TPSA) is 91.8 Å². The van der Waals surface area contributed by atoms with Gasteiger partial charge in [-0.05, 0) is 29.7 Å². The molecule has 22 heavy (non-hydrogen) atoms. The molecule has 3 rings (SSSR count). The molecule has 2 aromatic carbocycles. The lowest BCUT2D eigenvalue weighted by atomic mass is 10.1. The minimum absolute atomic E-state index is 0.0118. The van der Waals surface area contributed by atoms with Gasteiger partial charge in [-0.2, -0.15) is 5.26 Å². The minimum atomic E-state index is -0.418. The van der Waals surface area contributed by atoms with Gasteiger partial charge >= 0.3 is 0 Å². The fraction of sp³-hybridized carbons (Fsp3) is 0. The number of hydrogen-bond acceptors (Lipinski definition) is 5. The molecule has 6 nitrogen and oxygen atoms in total. The van der Waals surface area contributed by atoms with Crippen molar-refractivity contribution in [2.24, 2.45) is 0 Å². The molecule has 0 radical (unpaired) electrons. The van der Waals surface area contributed by atoms with Crippen LogP contribution in [0.2, 0.25) is 0 Å². The van der Waals surface area contributed by atoms with Crippen LogP contribution in [0, 0.1) is 21.4 Å². The number of anilines is 2. The number of aromatic nitrogens is 1. The van der Waals surface area contributed by atoms with E-state index in [1.165, 1.54) is 6.20 Å². The van der Waals surface area contributed by atoms with Gasteiger partial charge in [-0.1, -0.05) is 24.3 Å². The molecule has 0 amide bonds. The van der Waals surface area contributed by atoms with E-state index in [2.05, 4.69) is 10.3 Å². The molecule has 1 N–H and O–H groups in total. The van der Waals surface area contributed by atoms with Crippen LogP contribution in [-0.4, -0.2) is 9.91 Å². The average Bonchev–Trinajstić information content (AvgIpc) is 2.54. The van der Waals surface area contributed by atoms with Gasteiger partial charge in [0.2, 0.25) is 0 Å². The molecule has 1 aromatic heterocycles. The van der Waals surface area contributed by atoms with Crippen LogP contribution in [0.3, 0.4) is 0 Å². The van der Waals surface area contributed by atoms with Crippen molar-refractivity contribution in [2.45, 2.75) is 0 Å².